The second-order valence-corrected chi connectivity index (χ2v) is 10.2. The molecule has 1 amide bonds. The molecular formula is C27H23Cl2N3O4S. The maximum Gasteiger partial charge on any atom is 0.290 e. The number of fused-ring (bicyclic) bond motifs is 2. The molecule has 1 aromatic heterocycles. The number of nitrogens with one attached hydrogen (secondary N) is 1. The zero-order valence-electron chi connectivity index (χ0n) is 19.6. The van der Waals surface area contributed by atoms with E-state index in [-0.39, 0.29) is 24.4 Å². The van der Waals surface area contributed by atoms with Crippen molar-refractivity contribution < 1.29 is 14.7 Å². The van der Waals surface area contributed by atoms with E-state index >= 15 is 0 Å². The van der Waals surface area contributed by atoms with Gasteiger partial charge in [-0.15, -0.1) is 0 Å². The molecule has 0 fully saturated rings. The third-order valence-corrected chi connectivity index (χ3v) is 7.17. The van der Waals surface area contributed by atoms with Crippen LogP contribution in [0.15, 0.2) is 70.6 Å². The number of carboxylic acid groups (broad SMARTS) is 1. The van der Waals surface area contributed by atoms with Gasteiger partial charge >= 0.3 is 0 Å². The van der Waals surface area contributed by atoms with Gasteiger partial charge in [0.15, 0.2) is 5.16 Å². The average molecular weight is 556 g/mol. The summed E-state index contributed by atoms with van der Waals surface area (Å²) in [6.07, 6.45) is 3.62. The van der Waals surface area contributed by atoms with Gasteiger partial charge in [0, 0.05) is 27.9 Å². The van der Waals surface area contributed by atoms with Crippen molar-refractivity contribution in [2.45, 2.75) is 30.8 Å². The van der Waals surface area contributed by atoms with Gasteiger partial charge in [0.2, 0.25) is 5.91 Å². The molecule has 1 heterocycles. The Labute approximate surface area is 227 Å². The lowest BCUT2D eigenvalue weighted by molar-refractivity contribution is -0.123. The van der Waals surface area contributed by atoms with E-state index in [1.165, 1.54) is 33.9 Å². The zero-order valence-corrected chi connectivity index (χ0v) is 21.9. The van der Waals surface area contributed by atoms with Gasteiger partial charge in [-0.2, -0.15) is 0 Å². The van der Waals surface area contributed by atoms with Gasteiger partial charge in [0.05, 0.1) is 16.6 Å². The summed E-state index contributed by atoms with van der Waals surface area (Å²) < 4.78 is 1.50. The molecule has 0 bridgehead atoms. The lowest BCUT2D eigenvalue weighted by atomic mass is 10.1. The van der Waals surface area contributed by atoms with Gasteiger partial charge in [0.1, 0.15) is 0 Å². The van der Waals surface area contributed by atoms with E-state index in [0.29, 0.717) is 37.5 Å². The van der Waals surface area contributed by atoms with Crippen molar-refractivity contribution in [3.63, 3.8) is 0 Å². The number of carbonyl (C=O) groups is 2. The number of amides is 1. The highest BCUT2D eigenvalue weighted by Crippen LogP contribution is 2.27. The predicted molar refractivity (Wildman–Crippen MR) is 148 cm³/mol. The van der Waals surface area contributed by atoms with E-state index < -0.39 is 0 Å². The summed E-state index contributed by atoms with van der Waals surface area (Å²) in [7, 11) is 0. The van der Waals surface area contributed by atoms with E-state index in [1.54, 1.807) is 36.4 Å². The summed E-state index contributed by atoms with van der Waals surface area (Å²) in [6.45, 7) is -0.250. The molecule has 3 aromatic carbocycles. The Bertz CT molecular complexity index is 1500. The summed E-state index contributed by atoms with van der Waals surface area (Å²) >= 11 is 13.7. The normalized spacial score (nSPS) is 11.9. The molecule has 190 valence electrons. The van der Waals surface area contributed by atoms with Gasteiger partial charge in [-0.05, 0) is 72.9 Å². The molecule has 0 spiro atoms. The van der Waals surface area contributed by atoms with Crippen molar-refractivity contribution in [3.05, 3.63) is 92.2 Å². The molecular weight excluding hydrogens is 533 g/mol. The lowest BCUT2D eigenvalue weighted by Crippen LogP contribution is -2.22. The minimum Gasteiger partial charge on any atom is -0.483 e. The van der Waals surface area contributed by atoms with Crippen LogP contribution in [-0.2, 0) is 22.4 Å². The minimum absolute atomic E-state index is 0.0778. The largest absolute Gasteiger partial charge is 0.483 e. The number of benzene rings is 3. The Hall–Kier alpha value is -3.33. The molecule has 5 rings (SSSR count). The minimum atomic E-state index is -0.250. The molecule has 10 heteroatoms. The molecule has 2 N–H and O–H groups in total. The van der Waals surface area contributed by atoms with Crippen molar-refractivity contribution >= 4 is 63.9 Å². The number of rotatable bonds is 6. The molecule has 1 aliphatic carbocycles. The van der Waals surface area contributed by atoms with Crippen LogP contribution < -0.4 is 10.9 Å². The van der Waals surface area contributed by atoms with Gasteiger partial charge in [-0.1, -0.05) is 53.2 Å². The molecule has 37 heavy (non-hydrogen) atoms. The number of hydrogen-bond donors (Lipinski definition) is 2. The fraction of sp³-hybridized carbons (Fsp3) is 0.185. The molecule has 0 unspecified atom stereocenters. The summed E-state index contributed by atoms with van der Waals surface area (Å²) in [4.78, 5) is 39.0. The molecule has 1 aliphatic rings. The van der Waals surface area contributed by atoms with Crippen LogP contribution in [0.5, 0.6) is 0 Å². The summed E-state index contributed by atoms with van der Waals surface area (Å²) in [5.41, 5.74) is 4.43. The molecule has 7 nitrogen and oxygen atoms in total. The first kappa shape index (κ1) is 26.7. The number of nitrogens with zero attached hydrogens (tertiary/aromatic N) is 2. The number of hydrogen-bond acceptors (Lipinski definition) is 5. The fourth-order valence-electron chi connectivity index (χ4n) is 4.21. The number of aryl methyl sites for hydroxylation is 2. The highest BCUT2D eigenvalue weighted by molar-refractivity contribution is 7.99. The van der Waals surface area contributed by atoms with E-state index in [1.807, 2.05) is 12.1 Å². The van der Waals surface area contributed by atoms with Crippen LogP contribution in [0, 0.1) is 0 Å². The first-order valence-electron chi connectivity index (χ1n) is 11.5. The quantitative estimate of drug-likeness (QED) is 0.172. The molecule has 0 saturated carbocycles. The van der Waals surface area contributed by atoms with E-state index in [4.69, 9.17) is 38.1 Å². The third-order valence-electron chi connectivity index (χ3n) is 5.79. The number of anilines is 1. The maximum absolute atomic E-state index is 13.3. The number of para-hydroxylation sites is 1. The Morgan fingerprint density at radius 3 is 2.51 bits per heavy atom. The third kappa shape index (κ3) is 6.52. The average Bonchev–Trinajstić information content (AvgIpc) is 3.32. The van der Waals surface area contributed by atoms with Crippen LogP contribution in [0.2, 0.25) is 10.0 Å². The van der Waals surface area contributed by atoms with E-state index in [0.717, 1.165) is 18.5 Å². The number of thioether (sulfide) groups is 1. The van der Waals surface area contributed by atoms with Crippen LogP contribution in [0.3, 0.4) is 0 Å². The van der Waals surface area contributed by atoms with E-state index in [9.17, 15) is 9.59 Å². The Morgan fingerprint density at radius 2 is 1.76 bits per heavy atom. The first-order valence-corrected chi connectivity index (χ1v) is 13.2. The lowest BCUT2D eigenvalue weighted by Gasteiger charge is -2.14. The molecule has 0 aliphatic heterocycles. The van der Waals surface area contributed by atoms with Gasteiger partial charge in [-0.3, -0.25) is 19.0 Å². The second-order valence-electron chi connectivity index (χ2n) is 8.27. The topological polar surface area (TPSA) is 101 Å². The molecule has 4 aromatic rings. The summed E-state index contributed by atoms with van der Waals surface area (Å²) in [6, 6.07) is 18.3. The SMILES string of the molecule is O=C(CCSc1nc2ccccc2c(=O)n1-c1cc(Cl)cc(Cl)c1)Nc1ccc2c(c1)CCC2.O=CO. The molecule has 0 radical (unpaired) electrons. The second kappa shape index (κ2) is 12.3. The van der Waals surface area contributed by atoms with Crippen molar-refractivity contribution in [1.82, 2.24) is 9.55 Å². The highest BCUT2D eigenvalue weighted by Gasteiger charge is 2.16. The smallest absolute Gasteiger partial charge is 0.290 e. The zero-order chi connectivity index (χ0) is 26.4. The summed E-state index contributed by atoms with van der Waals surface area (Å²) in [5, 5.41) is 11.7. The molecule has 0 atom stereocenters. The van der Waals surface area contributed by atoms with Crippen LogP contribution in [0.25, 0.3) is 16.6 Å². The predicted octanol–water partition coefficient (Wildman–Crippen LogP) is 6.00. The van der Waals surface area contributed by atoms with E-state index in [2.05, 4.69) is 17.4 Å². The standard InChI is InChI=1S/C26H21Cl2N3O2S.CH2O2/c27-18-13-19(28)15-21(14-18)31-25(33)22-6-1-2-7-23(22)30-26(31)34-11-10-24(32)29-20-9-8-16-4-3-5-17(16)12-20;2-1-3/h1-2,6-9,12-15H,3-5,10-11H2,(H,29,32);1H,(H,2,3). The van der Waals surface area contributed by atoms with Crippen LogP contribution in [0.4, 0.5) is 5.69 Å². The fourth-order valence-corrected chi connectivity index (χ4v) is 5.68. The molecule has 0 saturated heterocycles. The van der Waals surface area contributed by atoms with Crippen molar-refractivity contribution in [3.8, 4) is 5.69 Å². The number of halogens is 2. The van der Waals surface area contributed by atoms with Gasteiger partial charge in [0.25, 0.3) is 12.0 Å². The Balaban J connectivity index is 0.00000102. The Morgan fingerprint density at radius 1 is 1.05 bits per heavy atom. The van der Waals surface area contributed by atoms with Gasteiger partial charge in [-0.25, -0.2) is 4.98 Å². The van der Waals surface area contributed by atoms with Gasteiger partial charge < -0.3 is 10.4 Å². The van der Waals surface area contributed by atoms with Crippen LogP contribution in [-0.4, -0.2) is 32.8 Å². The first-order chi connectivity index (χ1) is 17.9. The van der Waals surface area contributed by atoms with Crippen LogP contribution in [0.1, 0.15) is 24.0 Å². The maximum atomic E-state index is 13.3. The highest BCUT2D eigenvalue weighted by atomic mass is 35.5. The van der Waals surface area contributed by atoms with Crippen molar-refractivity contribution in [2.75, 3.05) is 11.1 Å². The number of aromatic nitrogens is 2. The van der Waals surface area contributed by atoms with Crippen LogP contribution >= 0.6 is 35.0 Å². The van der Waals surface area contributed by atoms with Crippen molar-refractivity contribution in [2.24, 2.45) is 0 Å². The Kier molecular flexibility index (Phi) is 8.87. The monoisotopic (exact) mass is 555 g/mol. The number of carbonyl (C=O) groups excluding carboxylic acids is 1. The van der Waals surface area contributed by atoms with Crippen molar-refractivity contribution in [1.29, 1.82) is 0 Å². The summed E-state index contributed by atoms with van der Waals surface area (Å²) in [5.74, 6) is 0.376.